The van der Waals surface area contributed by atoms with Gasteiger partial charge in [-0.1, -0.05) is 6.92 Å². The molecule has 0 bridgehead atoms. The quantitative estimate of drug-likeness (QED) is 0.799. The summed E-state index contributed by atoms with van der Waals surface area (Å²) in [6, 6.07) is 3.35. The van der Waals surface area contributed by atoms with E-state index in [0.29, 0.717) is 16.6 Å². The second-order valence-electron chi connectivity index (χ2n) is 6.27. The Kier molecular flexibility index (Phi) is 5.38. The van der Waals surface area contributed by atoms with Gasteiger partial charge in [0.05, 0.1) is 29.4 Å². The number of ether oxygens (including phenoxy) is 1. The highest BCUT2D eigenvalue weighted by Crippen LogP contribution is 2.27. The number of hydrogen-bond donors (Lipinski definition) is 2. The van der Waals surface area contributed by atoms with Crippen LogP contribution in [-0.4, -0.2) is 30.4 Å². The zero-order valence-electron chi connectivity index (χ0n) is 14.9. The zero-order chi connectivity index (χ0) is 18.9. The molecule has 25 heavy (non-hydrogen) atoms. The maximum atomic E-state index is 12.6. The van der Waals surface area contributed by atoms with E-state index in [1.165, 1.54) is 0 Å². The third-order valence-electron chi connectivity index (χ3n) is 3.70. The van der Waals surface area contributed by atoms with E-state index in [2.05, 4.69) is 4.98 Å². The maximum Gasteiger partial charge on any atom is 0.348 e. The lowest BCUT2D eigenvalue weighted by Gasteiger charge is -2.21. The smallest absolute Gasteiger partial charge is 0.348 e. The van der Waals surface area contributed by atoms with Crippen LogP contribution in [0.5, 0.6) is 0 Å². The van der Waals surface area contributed by atoms with Gasteiger partial charge in [-0.15, -0.1) is 0 Å². The summed E-state index contributed by atoms with van der Waals surface area (Å²) < 4.78 is 29.1. The molecule has 2 N–H and O–H groups in total. The minimum Gasteiger partial charge on any atom is -0.371 e. The monoisotopic (exact) mass is 369 g/mol. The molecule has 0 amide bonds. The molecule has 1 unspecified atom stereocenters. The minimum atomic E-state index is -3.78. The van der Waals surface area contributed by atoms with Crippen LogP contribution in [-0.2, 0) is 14.8 Å². The Labute approximate surface area is 145 Å². The summed E-state index contributed by atoms with van der Waals surface area (Å²) in [5.41, 5.74) is 0.482. The van der Waals surface area contributed by atoms with Crippen molar-refractivity contribution in [3.05, 3.63) is 44.1 Å². The highest BCUT2D eigenvalue weighted by atomic mass is 32.2. The van der Waals surface area contributed by atoms with E-state index in [1.807, 2.05) is 32.5 Å². The topological polar surface area (TPSA) is 110 Å². The molecule has 1 atom stereocenters. The highest BCUT2D eigenvalue weighted by molar-refractivity contribution is 7.91. The average Bonchev–Trinajstić information content (AvgIpc) is 2.48. The molecule has 0 fully saturated rings. The minimum absolute atomic E-state index is 0.0131. The molecular formula is C16H23N3O5S. The van der Waals surface area contributed by atoms with Crippen molar-refractivity contribution in [1.82, 2.24) is 9.66 Å². The second-order valence-corrected chi connectivity index (χ2v) is 8.00. The van der Waals surface area contributed by atoms with Crippen molar-refractivity contribution in [3.63, 3.8) is 0 Å². The van der Waals surface area contributed by atoms with Crippen molar-refractivity contribution >= 4 is 20.9 Å². The van der Waals surface area contributed by atoms with Crippen molar-refractivity contribution in [3.8, 4) is 0 Å². The molecule has 1 aromatic heterocycles. The first kappa shape index (κ1) is 19.2. The van der Waals surface area contributed by atoms with Gasteiger partial charge >= 0.3 is 5.69 Å². The number of benzene rings is 1. The fraction of sp³-hybridized carbons (Fsp3) is 0.500. The summed E-state index contributed by atoms with van der Waals surface area (Å²) in [6.45, 7) is 7.71. The van der Waals surface area contributed by atoms with Crippen molar-refractivity contribution in [2.45, 2.75) is 46.3 Å². The molecule has 0 saturated carbocycles. The number of aromatic amines is 1. The first-order valence-electron chi connectivity index (χ1n) is 7.96. The standard InChI is InChI=1S/C16H23N3O5S/c1-6-14(24-9(2)3)11-8-12-13(7-10(11)4)17-16(21)19(15(12)20)18-25(5,22)23/h7-9,14,18H,6H2,1-5H3,(H,17,21). The summed E-state index contributed by atoms with van der Waals surface area (Å²) in [6.07, 6.45) is 1.39. The van der Waals surface area contributed by atoms with E-state index in [0.717, 1.165) is 17.4 Å². The number of fused-ring (bicyclic) bond motifs is 1. The summed E-state index contributed by atoms with van der Waals surface area (Å²) in [5.74, 6) is 0. The van der Waals surface area contributed by atoms with Crippen molar-refractivity contribution in [2.75, 3.05) is 11.1 Å². The summed E-state index contributed by atoms with van der Waals surface area (Å²) >= 11 is 0. The number of rotatable bonds is 6. The summed E-state index contributed by atoms with van der Waals surface area (Å²) in [7, 11) is -3.78. The first-order chi connectivity index (χ1) is 11.5. The van der Waals surface area contributed by atoms with Crippen LogP contribution in [0.4, 0.5) is 0 Å². The SMILES string of the molecule is CCC(OC(C)C)c1cc2c(=O)n(NS(C)(=O)=O)c(=O)[nH]c2cc1C. The van der Waals surface area contributed by atoms with E-state index in [-0.39, 0.29) is 17.6 Å². The highest BCUT2D eigenvalue weighted by Gasteiger charge is 2.18. The van der Waals surface area contributed by atoms with Gasteiger partial charge in [-0.25, -0.2) is 18.0 Å². The van der Waals surface area contributed by atoms with Gasteiger partial charge in [-0.2, -0.15) is 4.68 Å². The van der Waals surface area contributed by atoms with E-state index in [4.69, 9.17) is 4.74 Å². The Morgan fingerprint density at radius 1 is 1.28 bits per heavy atom. The molecule has 1 aromatic carbocycles. The predicted molar refractivity (Wildman–Crippen MR) is 97.0 cm³/mol. The largest absolute Gasteiger partial charge is 0.371 e. The molecule has 0 spiro atoms. The van der Waals surface area contributed by atoms with E-state index < -0.39 is 21.3 Å². The van der Waals surface area contributed by atoms with Crippen LogP contribution in [0.2, 0.25) is 0 Å². The molecule has 0 saturated heterocycles. The predicted octanol–water partition coefficient (Wildman–Crippen LogP) is 1.38. The van der Waals surface area contributed by atoms with Crippen molar-refractivity contribution in [2.24, 2.45) is 0 Å². The van der Waals surface area contributed by atoms with Crippen LogP contribution < -0.4 is 16.1 Å². The van der Waals surface area contributed by atoms with E-state index in [1.54, 1.807) is 12.1 Å². The molecule has 2 rings (SSSR count). The molecule has 0 aliphatic rings. The summed E-state index contributed by atoms with van der Waals surface area (Å²) in [5, 5.41) is 0.210. The Bertz CT molecular complexity index is 1000. The molecule has 138 valence electrons. The van der Waals surface area contributed by atoms with Gasteiger partial charge in [0.2, 0.25) is 10.0 Å². The number of hydrogen-bond acceptors (Lipinski definition) is 5. The van der Waals surface area contributed by atoms with Crippen LogP contribution >= 0.6 is 0 Å². The number of nitrogens with zero attached hydrogens (tertiary/aromatic N) is 1. The van der Waals surface area contributed by atoms with Crippen LogP contribution in [0.3, 0.4) is 0 Å². The number of aryl methyl sites for hydroxylation is 1. The van der Waals surface area contributed by atoms with E-state index in [9.17, 15) is 18.0 Å². The molecule has 8 nitrogen and oxygen atoms in total. The lowest BCUT2D eigenvalue weighted by Crippen LogP contribution is -2.43. The molecule has 0 aliphatic heterocycles. The molecule has 9 heteroatoms. The zero-order valence-corrected chi connectivity index (χ0v) is 15.7. The number of sulfonamides is 1. The van der Waals surface area contributed by atoms with Gasteiger partial charge in [0, 0.05) is 0 Å². The Morgan fingerprint density at radius 3 is 2.44 bits per heavy atom. The molecule has 1 heterocycles. The van der Waals surface area contributed by atoms with Gasteiger partial charge in [-0.3, -0.25) is 4.79 Å². The van der Waals surface area contributed by atoms with Gasteiger partial charge in [0.25, 0.3) is 5.56 Å². The van der Waals surface area contributed by atoms with Crippen molar-refractivity contribution < 1.29 is 13.2 Å². The van der Waals surface area contributed by atoms with Crippen LogP contribution in [0, 0.1) is 6.92 Å². The fourth-order valence-electron chi connectivity index (χ4n) is 2.70. The van der Waals surface area contributed by atoms with Crippen LogP contribution in [0.25, 0.3) is 10.9 Å². The Balaban J connectivity index is 2.72. The second kappa shape index (κ2) is 7.01. The molecular weight excluding hydrogens is 346 g/mol. The number of nitrogens with one attached hydrogen (secondary N) is 2. The number of aromatic nitrogens is 2. The molecule has 0 aliphatic carbocycles. The normalized spacial score (nSPS) is 13.4. The first-order valence-corrected chi connectivity index (χ1v) is 9.85. The van der Waals surface area contributed by atoms with Gasteiger partial charge in [0.15, 0.2) is 0 Å². The van der Waals surface area contributed by atoms with Gasteiger partial charge in [0.1, 0.15) is 0 Å². The third kappa shape index (κ3) is 4.29. The summed E-state index contributed by atoms with van der Waals surface area (Å²) in [4.78, 5) is 29.1. The van der Waals surface area contributed by atoms with Crippen LogP contribution in [0.15, 0.2) is 21.7 Å². The maximum absolute atomic E-state index is 12.6. The lowest BCUT2D eigenvalue weighted by atomic mass is 9.99. The van der Waals surface area contributed by atoms with Gasteiger partial charge in [-0.05, 0) is 50.5 Å². The van der Waals surface area contributed by atoms with Gasteiger partial charge < -0.3 is 9.72 Å². The Hall–Kier alpha value is -2.13. The molecule has 2 aromatic rings. The fourth-order valence-corrected chi connectivity index (χ4v) is 3.20. The van der Waals surface area contributed by atoms with Crippen molar-refractivity contribution in [1.29, 1.82) is 0 Å². The molecule has 0 radical (unpaired) electrons. The Morgan fingerprint density at radius 2 is 1.92 bits per heavy atom. The van der Waals surface area contributed by atoms with E-state index >= 15 is 0 Å². The van der Waals surface area contributed by atoms with Crippen LogP contribution in [0.1, 0.15) is 44.4 Å². The average molecular weight is 369 g/mol. The lowest BCUT2D eigenvalue weighted by molar-refractivity contribution is 0.00422. The number of H-pyrrole nitrogens is 1. The third-order valence-corrected chi connectivity index (χ3v) is 4.21.